The van der Waals surface area contributed by atoms with Gasteiger partial charge in [-0.2, -0.15) is 9.78 Å². The highest BCUT2D eigenvalue weighted by Crippen LogP contribution is 2.29. The summed E-state index contributed by atoms with van der Waals surface area (Å²) in [7, 11) is 0. The van der Waals surface area contributed by atoms with E-state index in [1.165, 1.54) is 6.21 Å². The van der Waals surface area contributed by atoms with Crippen LogP contribution < -0.4 is 10.3 Å². The van der Waals surface area contributed by atoms with Crippen molar-refractivity contribution >= 4 is 61.6 Å². The van der Waals surface area contributed by atoms with Gasteiger partial charge in [0.25, 0.3) is 5.56 Å². The van der Waals surface area contributed by atoms with Crippen molar-refractivity contribution < 1.29 is 19.1 Å². The molecular formula is C25H15BrClN3O5. The Morgan fingerprint density at radius 3 is 2.83 bits per heavy atom. The van der Waals surface area contributed by atoms with Gasteiger partial charge in [-0.25, -0.2) is 9.78 Å². The van der Waals surface area contributed by atoms with Crippen LogP contribution in [0, 0.1) is 0 Å². The fourth-order valence-electron chi connectivity index (χ4n) is 3.53. The molecule has 2 heterocycles. The van der Waals surface area contributed by atoms with Gasteiger partial charge in [0.05, 0.1) is 17.1 Å². The Bertz CT molecular complexity index is 1690. The second-order valence-corrected chi connectivity index (χ2v) is 8.82. The minimum atomic E-state index is -1.11. The number of ether oxygens (including phenoxy) is 1. The van der Waals surface area contributed by atoms with E-state index in [4.69, 9.17) is 25.9 Å². The van der Waals surface area contributed by atoms with Gasteiger partial charge >= 0.3 is 5.97 Å². The molecule has 10 heteroatoms. The number of nitrogens with zero attached hydrogens (tertiary/aromatic N) is 3. The van der Waals surface area contributed by atoms with Gasteiger partial charge in [-0.3, -0.25) is 4.79 Å². The van der Waals surface area contributed by atoms with Crippen LogP contribution in [-0.2, 0) is 4.79 Å². The molecule has 2 aromatic heterocycles. The van der Waals surface area contributed by atoms with Crippen LogP contribution in [0.3, 0.4) is 0 Å². The molecule has 0 saturated heterocycles. The molecule has 5 aromatic rings. The molecule has 35 heavy (non-hydrogen) atoms. The zero-order valence-corrected chi connectivity index (χ0v) is 20.2. The monoisotopic (exact) mass is 551 g/mol. The number of carboxylic acids is 1. The molecule has 174 valence electrons. The summed E-state index contributed by atoms with van der Waals surface area (Å²) in [5.41, 5.74) is 1.13. The SMILES string of the molecule is O=C(O)COc1ccc(Br)cc1C=Nn1c(-c2cc3cc(Cl)ccc3o2)nc2ccccc2c1=O. The second-order valence-electron chi connectivity index (χ2n) is 7.47. The number of para-hydroxylation sites is 1. The van der Waals surface area contributed by atoms with E-state index >= 15 is 0 Å². The molecule has 0 atom stereocenters. The molecule has 0 radical (unpaired) electrons. The first-order valence-electron chi connectivity index (χ1n) is 10.3. The molecule has 0 unspecified atom stereocenters. The standard InChI is InChI=1S/C25H15BrClN3O5/c26-16-5-7-20(34-13-23(31)32)15(9-16)12-28-30-24(29-19-4-2-1-3-18(19)25(30)33)22-11-14-10-17(27)6-8-21(14)35-22/h1-12H,13H2,(H,31,32). The molecule has 0 amide bonds. The number of furan rings is 1. The van der Waals surface area contributed by atoms with E-state index in [0.717, 1.165) is 14.5 Å². The fourth-order valence-corrected chi connectivity index (χ4v) is 4.09. The molecule has 8 nitrogen and oxygen atoms in total. The van der Waals surface area contributed by atoms with Crippen molar-refractivity contribution in [2.75, 3.05) is 6.61 Å². The number of rotatable bonds is 6. The maximum atomic E-state index is 13.4. The van der Waals surface area contributed by atoms with Gasteiger partial charge in [0.1, 0.15) is 11.3 Å². The molecule has 0 aliphatic carbocycles. The zero-order chi connectivity index (χ0) is 24.5. The predicted molar refractivity (Wildman–Crippen MR) is 136 cm³/mol. The van der Waals surface area contributed by atoms with Crippen LogP contribution >= 0.6 is 27.5 Å². The van der Waals surface area contributed by atoms with E-state index < -0.39 is 18.1 Å². The molecular weight excluding hydrogens is 538 g/mol. The average molecular weight is 553 g/mol. The Morgan fingerprint density at radius 2 is 2.00 bits per heavy atom. The Kier molecular flexibility index (Phi) is 6.10. The lowest BCUT2D eigenvalue weighted by Gasteiger charge is -2.09. The third kappa shape index (κ3) is 4.68. The summed E-state index contributed by atoms with van der Waals surface area (Å²) in [6.45, 7) is -0.521. The number of carboxylic acid groups (broad SMARTS) is 1. The summed E-state index contributed by atoms with van der Waals surface area (Å²) in [6, 6.07) is 18.9. The van der Waals surface area contributed by atoms with E-state index in [1.807, 2.05) is 0 Å². The van der Waals surface area contributed by atoms with Crippen LogP contribution in [0.15, 0.2) is 85.5 Å². The van der Waals surface area contributed by atoms with Crippen molar-refractivity contribution in [3.8, 4) is 17.3 Å². The molecule has 0 aliphatic rings. The van der Waals surface area contributed by atoms with Gasteiger partial charge < -0.3 is 14.3 Å². The Balaban J connectivity index is 1.68. The highest BCUT2D eigenvalue weighted by atomic mass is 79.9. The largest absolute Gasteiger partial charge is 0.481 e. The Hall–Kier alpha value is -3.95. The first-order valence-corrected chi connectivity index (χ1v) is 11.5. The number of carbonyl (C=O) groups is 1. The summed E-state index contributed by atoms with van der Waals surface area (Å²) in [5.74, 6) is -0.293. The van der Waals surface area contributed by atoms with E-state index in [1.54, 1.807) is 66.7 Å². The van der Waals surface area contributed by atoms with Crippen molar-refractivity contribution in [1.29, 1.82) is 0 Å². The van der Waals surface area contributed by atoms with Gasteiger partial charge in [0.15, 0.2) is 12.4 Å². The van der Waals surface area contributed by atoms with Crippen LogP contribution in [0.1, 0.15) is 5.56 Å². The summed E-state index contributed by atoms with van der Waals surface area (Å²) < 4.78 is 13.2. The zero-order valence-electron chi connectivity index (χ0n) is 17.8. The lowest BCUT2D eigenvalue weighted by Crippen LogP contribution is -2.20. The number of hydrogen-bond acceptors (Lipinski definition) is 6. The number of aliphatic carboxylic acids is 1. The summed E-state index contributed by atoms with van der Waals surface area (Å²) >= 11 is 9.50. The minimum absolute atomic E-state index is 0.195. The van der Waals surface area contributed by atoms with Gasteiger partial charge in [-0.05, 0) is 54.6 Å². The molecule has 5 rings (SSSR count). The van der Waals surface area contributed by atoms with Crippen molar-refractivity contribution in [2.24, 2.45) is 5.10 Å². The second kappa shape index (κ2) is 9.36. The Morgan fingerprint density at radius 1 is 1.17 bits per heavy atom. The smallest absolute Gasteiger partial charge is 0.341 e. The van der Waals surface area contributed by atoms with Crippen molar-refractivity contribution in [2.45, 2.75) is 0 Å². The van der Waals surface area contributed by atoms with Crippen molar-refractivity contribution in [1.82, 2.24) is 9.66 Å². The number of aromatic nitrogens is 2. The quantitative estimate of drug-likeness (QED) is 0.276. The molecule has 0 bridgehead atoms. The normalized spacial score (nSPS) is 11.5. The van der Waals surface area contributed by atoms with Gasteiger partial charge in [0.2, 0.25) is 5.82 Å². The lowest BCUT2D eigenvalue weighted by molar-refractivity contribution is -0.139. The number of fused-ring (bicyclic) bond motifs is 2. The highest BCUT2D eigenvalue weighted by molar-refractivity contribution is 9.10. The molecule has 1 N–H and O–H groups in total. The van der Waals surface area contributed by atoms with Crippen LogP contribution in [0.4, 0.5) is 0 Å². The summed E-state index contributed by atoms with van der Waals surface area (Å²) in [4.78, 5) is 29.0. The average Bonchev–Trinajstić information content (AvgIpc) is 3.25. The topological polar surface area (TPSA) is 107 Å². The highest BCUT2D eigenvalue weighted by Gasteiger charge is 2.17. The molecule has 0 spiro atoms. The van der Waals surface area contributed by atoms with Gasteiger partial charge in [0, 0.05) is 20.4 Å². The molecule has 0 aliphatic heterocycles. The van der Waals surface area contributed by atoms with Crippen molar-refractivity contribution in [3.63, 3.8) is 0 Å². The first-order chi connectivity index (χ1) is 16.9. The van der Waals surface area contributed by atoms with Crippen molar-refractivity contribution in [3.05, 3.63) is 92.1 Å². The van der Waals surface area contributed by atoms with Crippen LogP contribution in [-0.4, -0.2) is 33.6 Å². The number of hydrogen-bond donors (Lipinski definition) is 1. The Labute approximate surface area is 211 Å². The third-order valence-corrected chi connectivity index (χ3v) is 5.82. The van der Waals surface area contributed by atoms with Crippen LogP contribution in [0.25, 0.3) is 33.5 Å². The summed E-state index contributed by atoms with van der Waals surface area (Å²) in [6.07, 6.45) is 1.41. The minimum Gasteiger partial charge on any atom is -0.481 e. The molecule has 3 aromatic carbocycles. The first kappa shape index (κ1) is 22.8. The van der Waals surface area contributed by atoms with Gasteiger partial charge in [-0.15, -0.1) is 0 Å². The summed E-state index contributed by atoms with van der Waals surface area (Å²) in [5, 5.41) is 15.0. The predicted octanol–water partition coefficient (Wildman–Crippen LogP) is 5.57. The number of benzene rings is 3. The fraction of sp³-hybridized carbons (Fsp3) is 0.0400. The van der Waals surface area contributed by atoms with E-state index in [9.17, 15) is 9.59 Å². The van der Waals surface area contributed by atoms with E-state index in [0.29, 0.717) is 38.6 Å². The number of halogens is 2. The third-order valence-electron chi connectivity index (χ3n) is 5.09. The maximum absolute atomic E-state index is 13.4. The lowest BCUT2D eigenvalue weighted by atomic mass is 10.2. The van der Waals surface area contributed by atoms with Gasteiger partial charge in [-0.1, -0.05) is 39.7 Å². The van der Waals surface area contributed by atoms with E-state index in [-0.39, 0.29) is 5.82 Å². The van der Waals surface area contributed by atoms with E-state index in [2.05, 4.69) is 26.0 Å². The maximum Gasteiger partial charge on any atom is 0.341 e. The molecule has 0 saturated carbocycles. The molecule has 0 fully saturated rings. The van der Waals surface area contributed by atoms with Crippen LogP contribution in [0.2, 0.25) is 5.02 Å². The van der Waals surface area contributed by atoms with Crippen LogP contribution in [0.5, 0.6) is 5.75 Å².